The molecule has 3 N–H and O–H groups in total. The summed E-state index contributed by atoms with van der Waals surface area (Å²) in [6, 6.07) is 29.3. The Hall–Kier alpha value is -4.98. The molecule has 1 fully saturated rings. The number of carbonyl (C=O) groups is 2. The second kappa shape index (κ2) is 12.7. The molecule has 1 aliphatic carbocycles. The number of aromatic nitrogens is 2. The van der Waals surface area contributed by atoms with Gasteiger partial charge in [-0.1, -0.05) is 66.7 Å². The summed E-state index contributed by atoms with van der Waals surface area (Å²) in [5, 5.41) is 13.1. The van der Waals surface area contributed by atoms with Gasteiger partial charge in [-0.15, -0.1) is 0 Å². The van der Waals surface area contributed by atoms with Crippen LogP contribution >= 0.6 is 0 Å². The third-order valence-corrected chi connectivity index (χ3v) is 8.46. The fourth-order valence-electron chi connectivity index (χ4n) is 6.15. The normalized spacial score (nSPS) is 17.2. The molecule has 0 aliphatic heterocycles. The van der Waals surface area contributed by atoms with Gasteiger partial charge in [-0.3, -0.25) is 9.59 Å². The summed E-state index contributed by atoms with van der Waals surface area (Å²) >= 11 is 0. The summed E-state index contributed by atoms with van der Waals surface area (Å²) < 4.78 is 0. The summed E-state index contributed by atoms with van der Waals surface area (Å²) in [4.78, 5) is 38.4. The monoisotopic (exact) mass is 586 g/mol. The fourth-order valence-corrected chi connectivity index (χ4v) is 6.15. The Morgan fingerprint density at radius 2 is 1.34 bits per heavy atom. The lowest BCUT2D eigenvalue weighted by molar-refractivity contribution is 0.0897. The molecule has 224 valence electrons. The Bertz CT molecular complexity index is 1810. The van der Waals surface area contributed by atoms with Crippen LogP contribution in [0, 0.1) is 0 Å². The van der Waals surface area contributed by atoms with Crippen LogP contribution in [0.25, 0.3) is 21.7 Å². The maximum Gasteiger partial charge on any atom is 0.252 e. The Kier molecular flexibility index (Phi) is 8.41. The van der Waals surface area contributed by atoms with Crippen LogP contribution in [0.4, 0.5) is 11.8 Å². The third-order valence-electron chi connectivity index (χ3n) is 8.46. The van der Waals surface area contributed by atoms with E-state index in [1.165, 1.54) is 0 Å². The zero-order valence-electron chi connectivity index (χ0n) is 25.4. The van der Waals surface area contributed by atoms with Gasteiger partial charge in [-0.2, -0.15) is 4.98 Å². The van der Waals surface area contributed by atoms with Gasteiger partial charge in [-0.25, -0.2) is 4.98 Å². The summed E-state index contributed by atoms with van der Waals surface area (Å²) in [5.41, 5.74) is 2.70. The van der Waals surface area contributed by atoms with Crippen molar-refractivity contribution in [2.75, 3.05) is 24.3 Å². The van der Waals surface area contributed by atoms with Crippen molar-refractivity contribution in [3.8, 4) is 0 Å². The average molecular weight is 587 g/mol. The first-order valence-corrected chi connectivity index (χ1v) is 15.3. The number of nitrogens with zero attached hydrogens (tertiary/aromatic N) is 3. The lowest BCUT2D eigenvalue weighted by Gasteiger charge is -2.30. The number of fused-ring (bicyclic) bond motifs is 2. The van der Waals surface area contributed by atoms with E-state index in [0.29, 0.717) is 17.1 Å². The molecule has 4 aromatic carbocycles. The molecule has 8 nitrogen and oxygen atoms in total. The minimum absolute atomic E-state index is 0.0288. The standard InChI is InChI=1S/C36H38N6O2/c1-23(27-17-10-12-24-11-4-5-13-28(24)27)37-34(43)29-14-6-7-15-30(29)35(44)38-25-19-21-26(22-20-25)39-36-40-32-18-9-8-16-31(32)33(41-36)42(2)3/h4-18,23,25-26H,19-22H2,1-3H3,(H,37,43)(H,38,44)(H,39,40,41)/t23-,25-,26+/m1/s1. The first-order valence-electron chi connectivity index (χ1n) is 15.3. The number of carbonyl (C=O) groups excluding carboxylic acids is 2. The van der Waals surface area contributed by atoms with E-state index in [4.69, 9.17) is 9.97 Å². The minimum atomic E-state index is -0.267. The van der Waals surface area contributed by atoms with Gasteiger partial charge in [0.05, 0.1) is 22.7 Å². The van der Waals surface area contributed by atoms with Crippen LogP contribution in [0.3, 0.4) is 0 Å². The average Bonchev–Trinajstić information content (AvgIpc) is 3.04. The lowest BCUT2D eigenvalue weighted by Crippen LogP contribution is -2.41. The first kappa shape index (κ1) is 29.1. The van der Waals surface area contributed by atoms with E-state index in [9.17, 15) is 9.59 Å². The lowest BCUT2D eigenvalue weighted by atomic mass is 9.91. The predicted molar refractivity (Wildman–Crippen MR) is 177 cm³/mol. The number of rotatable bonds is 8. The molecule has 0 unspecified atom stereocenters. The molecule has 0 bridgehead atoms. The largest absolute Gasteiger partial charge is 0.362 e. The molecular weight excluding hydrogens is 548 g/mol. The van der Waals surface area contributed by atoms with E-state index in [2.05, 4.69) is 34.1 Å². The second-order valence-corrected chi connectivity index (χ2v) is 11.8. The van der Waals surface area contributed by atoms with E-state index in [1.54, 1.807) is 24.3 Å². The van der Waals surface area contributed by atoms with E-state index < -0.39 is 0 Å². The van der Waals surface area contributed by atoms with Crippen molar-refractivity contribution in [1.82, 2.24) is 20.6 Å². The Labute approximate surface area is 257 Å². The topological polar surface area (TPSA) is 99.2 Å². The maximum atomic E-state index is 13.4. The Morgan fingerprint density at radius 3 is 2.09 bits per heavy atom. The van der Waals surface area contributed by atoms with E-state index in [1.807, 2.05) is 74.4 Å². The van der Waals surface area contributed by atoms with E-state index in [0.717, 1.165) is 58.7 Å². The van der Waals surface area contributed by atoms with Gasteiger partial charge in [0, 0.05) is 31.6 Å². The smallest absolute Gasteiger partial charge is 0.252 e. The SMILES string of the molecule is C[C@@H](NC(=O)c1ccccc1C(=O)N[C@H]1CC[C@@H](Nc2nc(N(C)C)c3ccccc3n2)CC1)c1cccc2ccccc12. The molecule has 1 aliphatic rings. The van der Waals surface area contributed by atoms with Crippen LogP contribution in [0.1, 0.15) is 64.9 Å². The summed E-state index contributed by atoms with van der Waals surface area (Å²) in [6.07, 6.45) is 3.40. The Morgan fingerprint density at radius 1 is 0.727 bits per heavy atom. The molecule has 5 aromatic rings. The highest BCUT2D eigenvalue weighted by Crippen LogP contribution is 2.27. The third kappa shape index (κ3) is 6.20. The van der Waals surface area contributed by atoms with Gasteiger partial charge in [0.15, 0.2) is 0 Å². The van der Waals surface area contributed by atoms with Crippen LogP contribution < -0.4 is 20.9 Å². The second-order valence-electron chi connectivity index (χ2n) is 11.8. The van der Waals surface area contributed by atoms with E-state index in [-0.39, 0.29) is 29.9 Å². The number of amides is 2. The number of hydrogen-bond donors (Lipinski definition) is 3. The van der Waals surface area contributed by atoms with Gasteiger partial charge >= 0.3 is 0 Å². The van der Waals surface area contributed by atoms with Crippen molar-refractivity contribution in [3.05, 3.63) is 108 Å². The van der Waals surface area contributed by atoms with Gasteiger partial charge in [0.2, 0.25) is 5.95 Å². The minimum Gasteiger partial charge on any atom is -0.362 e. The molecule has 0 spiro atoms. The zero-order valence-corrected chi connectivity index (χ0v) is 25.4. The molecule has 0 radical (unpaired) electrons. The number of nitrogens with one attached hydrogen (secondary N) is 3. The fraction of sp³-hybridized carbons (Fsp3) is 0.278. The number of hydrogen-bond acceptors (Lipinski definition) is 6. The molecule has 8 heteroatoms. The van der Waals surface area contributed by atoms with Crippen molar-refractivity contribution in [2.45, 2.75) is 50.7 Å². The quantitative estimate of drug-likeness (QED) is 0.192. The number of anilines is 2. The molecule has 0 saturated heterocycles. The van der Waals surface area contributed by atoms with Crippen molar-refractivity contribution >= 4 is 45.3 Å². The molecule has 1 aromatic heterocycles. The van der Waals surface area contributed by atoms with Crippen LogP contribution in [0.5, 0.6) is 0 Å². The first-order chi connectivity index (χ1) is 21.4. The molecule has 2 amide bonds. The highest BCUT2D eigenvalue weighted by atomic mass is 16.2. The van der Waals surface area contributed by atoms with E-state index >= 15 is 0 Å². The summed E-state index contributed by atoms with van der Waals surface area (Å²) in [6.45, 7) is 1.97. The van der Waals surface area contributed by atoms with Crippen LogP contribution in [-0.4, -0.2) is 48.0 Å². The van der Waals surface area contributed by atoms with Gasteiger partial charge in [0.1, 0.15) is 5.82 Å². The number of para-hydroxylation sites is 1. The zero-order chi connectivity index (χ0) is 30.6. The Balaban J connectivity index is 1.08. The molecule has 1 saturated carbocycles. The summed E-state index contributed by atoms with van der Waals surface area (Å²) in [5.74, 6) is 1.01. The highest BCUT2D eigenvalue weighted by molar-refractivity contribution is 6.07. The highest BCUT2D eigenvalue weighted by Gasteiger charge is 2.26. The molecule has 6 rings (SSSR count). The van der Waals surface area contributed by atoms with Crippen LogP contribution in [0.2, 0.25) is 0 Å². The van der Waals surface area contributed by atoms with Crippen molar-refractivity contribution in [1.29, 1.82) is 0 Å². The number of benzene rings is 4. The summed E-state index contributed by atoms with van der Waals surface area (Å²) in [7, 11) is 3.97. The molecular formula is C36H38N6O2. The van der Waals surface area contributed by atoms with Crippen molar-refractivity contribution < 1.29 is 9.59 Å². The van der Waals surface area contributed by atoms with Crippen molar-refractivity contribution in [3.63, 3.8) is 0 Å². The molecule has 1 atom stereocenters. The predicted octanol–water partition coefficient (Wildman–Crippen LogP) is 6.49. The molecule has 1 heterocycles. The van der Waals surface area contributed by atoms with Gasteiger partial charge in [0.25, 0.3) is 11.8 Å². The molecule has 44 heavy (non-hydrogen) atoms. The maximum absolute atomic E-state index is 13.4. The van der Waals surface area contributed by atoms with Crippen molar-refractivity contribution in [2.24, 2.45) is 0 Å². The van der Waals surface area contributed by atoms with Crippen LogP contribution in [0.15, 0.2) is 91.0 Å². The van der Waals surface area contributed by atoms with Gasteiger partial charge in [-0.05, 0) is 73.2 Å². The van der Waals surface area contributed by atoms with Crippen LogP contribution in [-0.2, 0) is 0 Å². The van der Waals surface area contributed by atoms with Gasteiger partial charge < -0.3 is 20.9 Å².